The number of carboxylic acids is 1. The normalized spacial score (nSPS) is 15.2. The van der Waals surface area contributed by atoms with Crippen molar-refractivity contribution in [2.45, 2.75) is 12.8 Å². The van der Waals surface area contributed by atoms with Gasteiger partial charge in [-0.25, -0.2) is 10.2 Å². The van der Waals surface area contributed by atoms with Gasteiger partial charge in [0.1, 0.15) is 0 Å². The number of amides is 1. The van der Waals surface area contributed by atoms with Gasteiger partial charge in [0.15, 0.2) is 0 Å². The van der Waals surface area contributed by atoms with Gasteiger partial charge in [-0.3, -0.25) is 4.79 Å². The molecule has 0 atom stereocenters. The number of benzene rings is 1. The Morgan fingerprint density at radius 1 is 1.25 bits per heavy atom. The Balaban J connectivity index is 2.22. The standard InChI is InChI=1S/C11H10N2O3/c14-10-6-5-9(12-13-10)7-1-3-8(4-2-7)11(15)16/h1-4H,5-6H2,(H,13,14)(H,15,16). The number of carboxylic acid groups (broad SMARTS) is 1. The molecular weight excluding hydrogens is 208 g/mol. The second-order valence-corrected chi connectivity index (χ2v) is 3.48. The number of aromatic carboxylic acids is 1. The van der Waals surface area contributed by atoms with E-state index in [1.54, 1.807) is 12.1 Å². The van der Waals surface area contributed by atoms with Crippen molar-refractivity contribution in [3.63, 3.8) is 0 Å². The largest absolute Gasteiger partial charge is 0.478 e. The van der Waals surface area contributed by atoms with Crippen molar-refractivity contribution < 1.29 is 14.7 Å². The minimum atomic E-state index is -0.953. The van der Waals surface area contributed by atoms with Crippen LogP contribution in [-0.2, 0) is 4.79 Å². The second-order valence-electron chi connectivity index (χ2n) is 3.48. The summed E-state index contributed by atoms with van der Waals surface area (Å²) in [7, 11) is 0. The zero-order chi connectivity index (χ0) is 11.5. The zero-order valence-electron chi connectivity index (χ0n) is 8.43. The highest BCUT2D eigenvalue weighted by Crippen LogP contribution is 2.11. The summed E-state index contributed by atoms with van der Waals surface area (Å²) in [6.07, 6.45) is 0.998. The molecule has 1 aromatic carbocycles. The summed E-state index contributed by atoms with van der Waals surface area (Å²) in [5.41, 5.74) is 4.25. The van der Waals surface area contributed by atoms with Crippen molar-refractivity contribution in [2.24, 2.45) is 5.10 Å². The van der Waals surface area contributed by atoms with Gasteiger partial charge in [0.25, 0.3) is 0 Å². The summed E-state index contributed by atoms with van der Waals surface area (Å²) in [5.74, 6) is -1.05. The number of rotatable bonds is 2. The van der Waals surface area contributed by atoms with E-state index in [1.165, 1.54) is 12.1 Å². The molecule has 2 N–H and O–H groups in total. The van der Waals surface area contributed by atoms with Crippen molar-refractivity contribution in [3.8, 4) is 0 Å². The molecule has 0 spiro atoms. The third-order valence-electron chi connectivity index (χ3n) is 2.37. The van der Waals surface area contributed by atoms with Crippen LogP contribution in [0.15, 0.2) is 29.4 Å². The molecule has 1 aromatic rings. The lowest BCUT2D eigenvalue weighted by atomic mass is 10.0. The van der Waals surface area contributed by atoms with E-state index in [0.717, 1.165) is 11.3 Å². The van der Waals surface area contributed by atoms with Gasteiger partial charge in [-0.05, 0) is 17.7 Å². The third kappa shape index (κ3) is 2.08. The van der Waals surface area contributed by atoms with Gasteiger partial charge >= 0.3 is 5.97 Å². The molecule has 0 saturated heterocycles. The molecule has 2 rings (SSSR count). The molecule has 82 valence electrons. The monoisotopic (exact) mass is 218 g/mol. The fraction of sp³-hybridized carbons (Fsp3) is 0.182. The fourth-order valence-corrected chi connectivity index (χ4v) is 1.49. The number of hydrazone groups is 1. The molecule has 5 nitrogen and oxygen atoms in total. The lowest BCUT2D eigenvalue weighted by molar-refractivity contribution is -0.121. The topological polar surface area (TPSA) is 78.8 Å². The first-order valence-electron chi connectivity index (χ1n) is 4.86. The van der Waals surface area contributed by atoms with E-state index in [-0.39, 0.29) is 11.5 Å². The summed E-state index contributed by atoms with van der Waals surface area (Å²) in [5, 5.41) is 12.7. The predicted molar refractivity (Wildman–Crippen MR) is 57.3 cm³/mol. The van der Waals surface area contributed by atoms with Gasteiger partial charge in [0, 0.05) is 12.8 Å². The molecule has 1 amide bonds. The van der Waals surface area contributed by atoms with Crippen LogP contribution in [0.5, 0.6) is 0 Å². The van der Waals surface area contributed by atoms with Crippen molar-refractivity contribution in [3.05, 3.63) is 35.4 Å². The smallest absolute Gasteiger partial charge is 0.335 e. The van der Waals surface area contributed by atoms with E-state index in [9.17, 15) is 9.59 Å². The van der Waals surface area contributed by atoms with Crippen LogP contribution < -0.4 is 5.43 Å². The van der Waals surface area contributed by atoms with Gasteiger partial charge in [0.05, 0.1) is 11.3 Å². The minimum Gasteiger partial charge on any atom is -0.478 e. The lowest BCUT2D eigenvalue weighted by Crippen LogP contribution is -2.25. The molecule has 1 aliphatic rings. The van der Waals surface area contributed by atoms with Crippen molar-refractivity contribution in [1.82, 2.24) is 5.43 Å². The van der Waals surface area contributed by atoms with E-state index < -0.39 is 5.97 Å². The van der Waals surface area contributed by atoms with Gasteiger partial charge in [0.2, 0.25) is 5.91 Å². The minimum absolute atomic E-state index is 0.0918. The van der Waals surface area contributed by atoms with E-state index in [0.29, 0.717) is 12.8 Å². The van der Waals surface area contributed by atoms with Crippen molar-refractivity contribution in [1.29, 1.82) is 0 Å². The van der Waals surface area contributed by atoms with Crippen LogP contribution in [0, 0.1) is 0 Å². The van der Waals surface area contributed by atoms with Gasteiger partial charge < -0.3 is 5.11 Å². The second kappa shape index (κ2) is 4.14. The summed E-state index contributed by atoms with van der Waals surface area (Å²) >= 11 is 0. The van der Waals surface area contributed by atoms with Gasteiger partial charge in [-0.1, -0.05) is 12.1 Å². The van der Waals surface area contributed by atoms with Crippen LogP contribution in [0.2, 0.25) is 0 Å². The first kappa shape index (κ1) is 10.4. The SMILES string of the molecule is O=C1CCC(c2ccc(C(=O)O)cc2)=NN1. The average molecular weight is 218 g/mol. The number of hydrogen-bond donors (Lipinski definition) is 2. The van der Waals surface area contributed by atoms with Crippen molar-refractivity contribution >= 4 is 17.6 Å². The maximum Gasteiger partial charge on any atom is 0.335 e. The summed E-state index contributed by atoms with van der Waals surface area (Å²) in [4.78, 5) is 21.5. The highest BCUT2D eigenvalue weighted by Gasteiger charge is 2.13. The molecular formula is C11H10N2O3. The zero-order valence-corrected chi connectivity index (χ0v) is 8.43. The summed E-state index contributed by atoms with van der Waals surface area (Å²) in [6, 6.07) is 6.44. The van der Waals surface area contributed by atoms with Gasteiger partial charge in [-0.2, -0.15) is 5.10 Å². The first-order chi connectivity index (χ1) is 7.66. The number of nitrogens with zero attached hydrogens (tertiary/aromatic N) is 1. The fourth-order valence-electron chi connectivity index (χ4n) is 1.49. The van der Waals surface area contributed by atoms with Crippen LogP contribution in [0.1, 0.15) is 28.8 Å². The molecule has 0 radical (unpaired) electrons. The number of hydrogen-bond acceptors (Lipinski definition) is 3. The van der Waals surface area contributed by atoms with E-state index in [1.807, 2.05) is 0 Å². The molecule has 0 saturated carbocycles. The maximum absolute atomic E-state index is 10.9. The first-order valence-corrected chi connectivity index (χ1v) is 4.86. The number of carbonyl (C=O) groups excluding carboxylic acids is 1. The molecule has 0 unspecified atom stereocenters. The quantitative estimate of drug-likeness (QED) is 0.777. The molecule has 0 bridgehead atoms. The maximum atomic E-state index is 10.9. The molecule has 0 aliphatic carbocycles. The highest BCUT2D eigenvalue weighted by atomic mass is 16.4. The molecule has 5 heteroatoms. The van der Waals surface area contributed by atoms with E-state index in [4.69, 9.17) is 5.11 Å². The number of carbonyl (C=O) groups is 2. The Bertz CT molecular complexity index is 463. The van der Waals surface area contributed by atoms with Crippen LogP contribution in [0.25, 0.3) is 0 Å². The van der Waals surface area contributed by atoms with Crippen molar-refractivity contribution in [2.75, 3.05) is 0 Å². The Hall–Kier alpha value is -2.17. The molecule has 0 fully saturated rings. The Morgan fingerprint density at radius 2 is 1.94 bits per heavy atom. The van der Waals surface area contributed by atoms with Crippen LogP contribution in [0.4, 0.5) is 0 Å². The van der Waals surface area contributed by atoms with Crippen LogP contribution in [0.3, 0.4) is 0 Å². The highest BCUT2D eigenvalue weighted by molar-refractivity contribution is 6.04. The lowest BCUT2D eigenvalue weighted by Gasteiger charge is -2.11. The molecule has 0 aromatic heterocycles. The molecule has 1 heterocycles. The summed E-state index contributed by atoms with van der Waals surface area (Å²) < 4.78 is 0. The van der Waals surface area contributed by atoms with E-state index >= 15 is 0 Å². The predicted octanol–water partition coefficient (Wildman–Crippen LogP) is 0.999. The van der Waals surface area contributed by atoms with Gasteiger partial charge in [-0.15, -0.1) is 0 Å². The Kier molecular flexibility index (Phi) is 2.68. The number of nitrogens with one attached hydrogen (secondary N) is 1. The Labute approximate surface area is 91.8 Å². The third-order valence-corrected chi connectivity index (χ3v) is 2.37. The van der Waals surface area contributed by atoms with E-state index in [2.05, 4.69) is 10.5 Å². The van der Waals surface area contributed by atoms with Crippen LogP contribution in [-0.4, -0.2) is 22.7 Å². The molecule has 16 heavy (non-hydrogen) atoms. The Morgan fingerprint density at radius 3 is 2.44 bits per heavy atom. The summed E-state index contributed by atoms with van der Waals surface area (Å²) in [6.45, 7) is 0. The van der Waals surface area contributed by atoms with Crippen LogP contribution >= 0.6 is 0 Å². The molecule has 1 aliphatic heterocycles. The average Bonchev–Trinajstić information content (AvgIpc) is 2.30.